The molecule has 0 aliphatic rings. The van der Waals surface area contributed by atoms with Crippen LogP contribution in [0.4, 0.5) is 0 Å². The number of hydrogen-bond acceptors (Lipinski definition) is 2. The van der Waals surface area contributed by atoms with Crippen molar-refractivity contribution < 1.29 is 4.74 Å². The van der Waals surface area contributed by atoms with Gasteiger partial charge in [-0.3, -0.25) is 0 Å². The lowest BCUT2D eigenvalue weighted by Gasteiger charge is -2.15. The first-order valence-corrected chi connectivity index (χ1v) is 6.63. The maximum absolute atomic E-state index is 5.38. The van der Waals surface area contributed by atoms with Crippen LogP contribution >= 0.6 is 0 Å². The van der Waals surface area contributed by atoms with Crippen LogP contribution in [0, 0.1) is 5.92 Å². The maximum atomic E-state index is 5.38. The molecule has 0 aromatic rings. The van der Waals surface area contributed by atoms with Crippen molar-refractivity contribution in [2.75, 3.05) is 26.3 Å². The summed E-state index contributed by atoms with van der Waals surface area (Å²) in [6.07, 6.45) is 6.43. The van der Waals surface area contributed by atoms with Gasteiger partial charge in [0.25, 0.3) is 0 Å². The monoisotopic (exact) mass is 215 g/mol. The molecule has 0 spiro atoms. The third-order valence-corrected chi connectivity index (χ3v) is 2.84. The van der Waals surface area contributed by atoms with Crippen LogP contribution in [0.25, 0.3) is 0 Å². The van der Waals surface area contributed by atoms with E-state index in [0.717, 1.165) is 25.7 Å². The minimum absolute atomic E-state index is 0.790. The lowest BCUT2D eigenvalue weighted by atomic mass is 10.0. The summed E-state index contributed by atoms with van der Waals surface area (Å²) in [5, 5.41) is 3.54. The molecule has 2 nitrogen and oxygen atoms in total. The molecule has 0 saturated carbocycles. The van der Waals surface area contributed by atoms with Crippen LogP contribution in [-0.4, -0.2) is 26.3 Å². The SMILES string of the molecule is CCCCCNC[C@@H](CC)CCOCC. The molecular weight excluding hydrogens is 186 g/mol. The second-order valence-electron chi connectivity index (χ2n) is 4.17. The van der Waals surface area contributed by atoms with Crippen molar-refractivity contribution >= 4 is 0 Å². The van der Waals surface area contributed by atoms with E-state index in [1.807, 2.05) is 0 Å². The Morgan fingerprint density at radius 2 is 1.93 bits per heavy atom. The molecule has 1 N–H and O–H groups in total. The van der Waals surface area contributed by atoms with Crippen LogP contribution in [0.3, 0.4) is 0 Å². The summed E-state index contributed by atoms with van der Waals surface area (Å²) in [6, 6.07) is 0. The van der Waals surface area contributed by atoms with E-state index in [1.54, 1.807) is 0 Å². The van der Waals surface area contributed by atoms with Gasteiger partial charge in [-0.15, -0.1) is 0 Å². The molecule has 0 fully saturated rings. The van der Waals surface area contributed by atoms with Crippen LogP contribution in [0.1, 0.15) is 52.9 Å². The predicted molar refractivity (Wildman–Crippen MR) is 67.3 cm³/mol. The number of hydrogen-bond donors (Lipinski definition) is 1. The molecule has 0 aliphatic carbocycles. The van der Waals surface area contributed by atoms with E-state index in [-0.39, 0.29) is 0 Å². The molecular formula is C13H29NO. The van der Waals surface area contributed by atoms with Crippen LogP contribution in [0.15, 0.2) is 0 Å². The maximum Gasteiger partial charge on any atom is 0.0469 e. The van der Waals surface area contributed by atoms with E-state index in [1.165, 1.54) is 38.6 Å². The second kappa shape index (κ2) is 12.0. The first-order chi connectivity index (χ1) is 7.35. The van der Waals surface area contributed by atoms with Crippen molar-refractivity contribution in [1.29, 1.82) is 0 Å². The van der Waals surface area contributed by atoms with Gasteiger partial charge in [0.1, 0.15) is 0 Å². The normalized spacial score (nSPS) is 13.0. The Kier molecular flexibility index (Phi) is 11.9. The largest absolute Gasteiger partial charge is 0.382 e. The first kappa shape index (κ1) is 14.9. The van der Waals surface area contributed by atoms with Gasteiger partial charge in [0.2, 0.25) is 0 Å². The van der Waals surface area contributed by atoms with Crippen molar-refractivity contribution in [3.63, 3.8) is 0 Å². The van der Waals surface area contributed by atoms with Gasteiger partial charge in [0.05, 0.1) is 0 Å². The van der Waals surface area contributed by atoms with E-state index >= 15 is 0 Å². The molecule has 15 heavy (non-hydrogen) atoms. The first-order valence-electron chi connectivity index (χ1n) is 6.63. The smallest absolute Gasteiger partial charge is 0.0469 e. The van der Waals surface area contributed by atoms with Crippen molar-refractivity contribution in [2.24, 2.45) is 5.92 Å². The Bertz CT molecular complexity index is 117. The summed E-state index contributed by atoms with van der Waals surface area (Å²) < 4.78 is 5.38. The van der Waals surface area contributed by atoms with Gasteiger partial charge in [0, 0.05) is 13.2 Å². The molecule has 92 valence electrons. The molecule has 0 unspecified atom stereocenters. The topological polar surface area (TPSA) is 21.3 Å². The molecule has 2 heteroatoms. The van der Waals surface area contributed by atoms with Crippen molar-refractivity contribution in [2.45, 2.75) is 52.9 Å². The average molecular weight is 215 g/mol. The second-order valence-corrected chi connectivity index (χ2v) is 4.17. The van der Waals surface area contributed by atoms with E-state index in [4.69, 9.17) is 4.74 Å². The third kappa shape index (κ3) is 10.2. The summed E-state index contributed by atoms with van der Waals surface area (Å²) in [7, 11) is 0. The van der Waals surface area contributed by atoms with Crippen LogP contribution in [0.5, 0.6) is 0 Å². The molecule has 0 bridgehead atoms. The number of nitrogens with one attached hydrogen (secondary N) is 1. The van der Waals surface area contributed by atoms with Crippen LogP contribution in [0.2, 0.25) is 0 Å². The minimum atomic E-state index is 0.790. The highest BCUT2D eigenvalue weighted by Crippen LogP contribution is 2.06. The Morgan fingerprint density at radius 1 is 1.13 bits per heavy atom. The fourth-order valence-electron chi connectivity index (χ4n) is 1.65. The quantitative estimate of drug-likeness (QED) is 0.534. The van der Waals surface area contributed by atoms with Gasteiger partial charge in [-0.2, -0.15) is 0 Å². The van der Waals surface area contributed by atoms with Crippen LogP contribution in [-0.2, 0) is 4.74 Å². The molecule has 1 atom stereocenters. The summed E-state index contributed by atoms with van der Waals surface area (Å²) in [5.41, 5.74) is 0. The molecule has 0 heterocycles. The molecule has 0 radical (unpaired) electrons. The van der Waals surface area contributed by atoms with Gasteiger partial charge in [-0.25, -0.2) is 0 Å². The van der Waals surface area contributed by atoms with E-state index in [0.29, 0.717) is 0 Å². The standard InChI is InChI=1S/C13H29NO/c1-4-7-8-10-14-12-13(5-2)9-11-15-6-3/h13-14H,4-12H2,1-3H3/t13-/m0/s1. The van der Waals surface area contributed by atoms with Crippen molar-refractivity contribution in [3.8, 4) is 0 Å². The molecule has 0 amide bonds. The van der Waals surface area contributed by atoms with E-state index < -0.39 is 0 Å². The molecule has 0 aliphatic heterocycles. The van der Waals surface area contributed by atoms with Gasteiger partial charge >= 0.3 is 0 Å². The Hall–Kier alpha value is -0.0800. The summed E-state index contributed by atoms with van der Waals surface area (Å²) in [4.78, 5) is 0. The van der Waals surface area contributed by atoms with Crippen molar-refractivity contribution in [1.82, 2.24) is 5.32 Å². The van der Waals surface area contributed by atoms with Gasteiger partial charge in [0.15, 0.2) is 0 Å². The number of unbranched alkanes of at least 4 members (excludes halogenated alkanes) is 2. The highest BCUT2D eigenvalue weighted by atomic mass is 16.5. The predicted octanol–water partition coefficient (Wildman–Crippen LogP) is 3.22. The summed E-state index contributed by atoms with van der Waals surface area (Å²) in [5.74, 6) is 0.790. The van der Waals surface area contributed by atoms with E-state index in [2.05, 4.69) is 26.1 Å². The van der Waals surface area contributed by atoms with Crippen molar-refractivity contribution in [3.05, 3.63) is 0 Å². The number of rotatable bonds is 11. The summed E-state index contributed by atoms with van der Waals surface area (Å²) >= 11 is 0. The van der Waals surface area contributed by atoms with Gasteiger partial charge in [-0.05, 0) is 38.8 Å². The zero-order valence-corrected chi connectivity index (χ0v) is 10.8. The molecule has 0 saturated heterocycles. The third-order valence-electron chi connectivity index (χ3n) is 2.84. The minimum Gasteiger partial charge on any atom is -0.382 e. The summed E-state index contributed by atoms with van der Waals surface area (Å²) in [6.45, 7) is 10.7. The Labute approximate surface area is 95.8 Å². The zero-order valence-electron chi connectivity index (χ0n) is 10.8. The van der Waals surface area contributed by atoms with Gasteiger partial charge in [-0.1, -0.05) is 33.1 Å². The molecule has 0 aromatic heterocycles. The number of ether oxygens (including phenoxy) is 1. The zero-order chi connectivity index (χ0) is 11.4. The fraction of sp³-hybridized carbons (Fsp3) is 1.00. The lowest BCUT2D eigenvalue weighted by Crippen LogP contribution is -2.24. The highest BCUT2D eigenvalue weighted by Gasteiger charge is 2.04. The van der Waals surface area contributed by atoms with Crippen LogP contribution < -0.4 is 5.32 Å². The van der Waals surface area contributed by atoms with Gasteiger partial charge < -0.3 is 10.1 Å². The lowest BCUT2D eigenvalue weighted by molar-refractivity contribution is 0.131. The average Bonchev–Trinajstić information content (AvgIpc) is 2.26. The highest BCUT2D eigenvalue weighted by molar-refractivity contribution is 4.60. The Balaban J connectivity index is 3.28. The Morgan fingerprint density at radius 3 is 2.53 bits per heavy atom. The van der Waals surface area contributed by atoms with E-state index in [9.17, 15) is 0 Å². The molecule has 0 aromatic carbocycles. The fourth-order valence-corrected chi connectivity index (χ4v) is 1.65. The molecule has 0 rings (SSSR count).